The van der Waals surface area contributed by atoms with Crippen LogP contribution < -0.4 is 0 Å². The van der Waals surface area contributed by atoms with Crippen LogP contribution in [0.4, 0.5) is 0 Å². The van der Waals surface area contributed by atoms with E-state index in [2.05, 4.69) is 15.9 Å². The highest BCUT2D eigenvalue weighted by Gasteiger charge is 2.10. The molecule has 1 aromatic carbocycles. The fourth-order valence-corrected chi connectivity index (χ4v) is 2.70. The zero-order valence-corrected chi connectivity index (χ0v) is 12.4. The maximum atomic E-state index is 11.0. The van der Waals surface area contributed by atoms with Gasteiger partial charge in [0.2, 0.25) is 0 Å². The van der Waals surface area contributed by atoms with Gasteiger partial charge in [0.1, 0.15) is 0 Å². The number of thioether (sulfide) groups is 1. The summed E-state index contributed by atoms with van der Waals surface area (Å²) in [4.78, 5) is 11.8. The predicted molar refractivity (Wildman–Crippen MR) is 74.5 cm³/mol. The zero-order valence-electron chi connectivity index (χ0n) is 10.0. The first-order valence-corrected chi connectivity index (χ1v) is 7.15. The molecule has 6 heteroatoms. The van der Waals surface area contributed by atoms with E-state index >= 15 is 0 Å². The van der Waals surface area contributed by atoms with Crippen LogP contribution in [0.1, 0.15) is 10.4 Å². The van der Waals surface area contributed by atoms with Gasteiger partial charge in [-0.3, -0.25) is 0 Å². The maximum absolute atomic E-state index is 11.0. The summed E-state index contributed by atoms with van der Waals surface area (Å²) < 4.78 is 11.0. The predicted octanol–water partition coefficient (Wildman–Crippen LogP) is 2.90. The van der Waals surface area contributed by atoms with E-state index in [4.69, 9.17) is 14.6 Å². The van der Waals surface area contributed by atoms with Crippen molar-refractivity contribution >= 4 is 33.7 Å². The van der Waals surface area contributed by atoms with E-state index in [1.54, 1.807) is 19.2 Å². The molecule has 0 atom stereocenters. The zero-order chi connectivity index (χ0) is 13.4. The van der Waals surface area contributed by atoms with E-state index in [0.29, 0.717) is 31.1 Å². The van der Waals surface area contributed by atoms with Gasteiger partial charge in [-0.2, -0.15) is 0 Å². The molecule has 18 heavy (non-hydrogen) atoms. The lowest BCUT2D eigenvalue weighted by atomic mass is 10.2. The molecule has 0 saturated carbocycles. The minimum absolute atomic E-state index is 0.320. The van der Waals surface area contributed by atoms with Crippen LogP contribution in [0.3, 0.4) is 0 Å². The molecular formula is C12H15BrO4S. The second-order valence-electron chi connectivity index (χ2n) is 3.40. The molecule has 0 aliphatic rings. The third kappa shape index (κ3) is 5.39. The number of hydrogen-bond donors (Lipinski definition) is 1. The van der Waals surface area contributed by atoms with Gasteiger partial charge in [0.25, 0.3) is 0 Å². The van der Waals surface area contributed by atoms with Crippen LogP contribution in [0.15, 0.2) is 27.6 Å². The van der Waals surface area contributed by atoms with Crippen molar-refractivity contribution in [3.63, 3.8) is 0 Å². The van der Waals surface area contributed by atoms with Gasteiger partial charge in [-0.1, -0.05) is 15.9 Å². The average Bonchev–Trinajstić information content (AvgIpc) is 2.33. The van der Waals surface area contributed by atoms with Crippen molar-refractivity contribution < 1.29 is 19.4 Å². The number of aromatic carboxylic acids is 1. The molecule has 0 heterocycles. The summed E-state index contributed by atoms with van der Waals surface area (Å²) in [5.41, 5.74) is 0.320. The summed E-state index contributed by atoms with van der Waals surface area (Å²) in [6, 6.07) is 5.13. The third-order valence-electron chi connectivity index (χ3n) is 2.09. The highest BCUT2D eigenvalue weighted by atomic mass is 79.9. The second-order valence-corrected chi connectivity index (χ2v) is 5.45. The van der Waals surface area contributed by atoms with Crippen LogP contribution in [0, 0.1) is 0 Å². The maximum Gasteiger partial charge on any atom is 0.336 e. The van der Waals surface area contributed by atoms with Gasteiger partial charge in [0.05, 0.1) is 25.4 Å². The Kier molecular flexibility index (Phi) is 7.34. The Morgan fingerprint density at radius 2 is 2.17 bits per heavy atom. The van der Waals surface area contributed by atoms with Gasteiger partial charge in [-0.15, -0.1) is 11.8 Å². The van der Waals surface area contributed by atoms with Crippen LogP contribution in [0.2, 0.25) is 0 Å². The van der Waals surface area contributed by atoms with Crippen molar-refractivity contribution in [2.24, 2.45) is 0 Å². The van der Waals surface area contributed by atoms with Crippen molar-refractivity contribution in [1.29, 1.82) is 0 Å². The Balaban J connectivity index is 2.45. The van der Waals surface area contributed by atoms with Gasteiger partial charge < -0.3 is 14.6 Å². The number of carbonyl (C=O) groups is 1. The summed E-state index contributed by atoms with van der Waals surface area (Å²) in [5, 5.41) is 9.05. The van der Waals surface area contributed by atoms with E-state index in [-0.39, 0.29) is 0 Å². The number of carboxylic acids is 1. The lowest BCUT2D eigenvalue weighted by Gasteiger charge is -2.07. The first kappa shape index (κ1) is 15.5. The van der Waals surface area contributed by atoms with Crippen molar-refractivity contribution in [2.45, 2.75) is 4.90 Å². The largest absolute Gasteiger partial charge is 0.478 e. The summed E-state index contributed by atoms with van der Waals surface area (Å²) in [7, 11) is 1.62. The molecule has 0 radical (unpaired) electrons. The molecule has 0 amide bonds. The summed E-state index contributed by atoms with van der Waals surface area (Å²) in [5.74, 6) is -0.203. The molecule has 0 unspecified atom stereocenters. The normalized spacial score (nSPS) is 10.6. The number of ether oxygens (including phenoxy) is 2. The quantitative estimate of drug-likeness (QED) is 0.585. The van der Waals surface area contributed by atoms with Crippen LogP contribution in [-0.2, 0) is 9.47 Å². The summed E-state index contributed by atoms with van der Waals surface area (Å²) >= 11 is 4.81. The molecular weight excluding hydrogens is 320 g/mol. The molecule has 100 valence electrons. The Morgan fingerprint density at radius 3 is 2.83 bits per heavy atom. The lowest BCUT2D eigenvalue weighted by molar-refractivity contribution is 0.0693. The SMILES string of the molecule is COCCOCCSc1cc(Br)ccc1C(=O)O. The van der Waals surface area contributed by atoms with Gasteiger partial charge >= 0.3 is 5.97 Å². The number of halogens is 1. The Morgan fingerprint density at radius 1 is 1.39 bits per heavy atom. The fourth-order valence-electron chi connectivity index (χ4n) is 1.25. The van der Waals surface area contributed by atoms with E-state index in [1.807, 2.05) is 6.07 Å². The molecule has 0 fully saturated rings. The number of rotatable bonds is 8. The molecule has 0 saturated heterocycles. The van der Waals surface area contributed by atoms with Gasteiger partial charge in [-0.05, 0) is 18.2 Å². The first-order valence-electron chi connectivity index (χ1n) is 5.37. The molecule has 0 aliphatic carbocycles. The minimum Gasteiger partial charge on any atom is -0.478 e. The molecule has 4 nitrogen and oxygen atoms in total. The molecule has 1 N–H and O–H groups in total. The van der Waals surface area contributed by atoms with Crippen LogP contribution in [0.5, 0.6) is 0 Å². The Hall–Kier alpha value is -0.560. The average molecular weight is 335 g/mol. The first-order chi connectivity index (χ1) is 8.65. The van der Waals surface area contributed by atoms with E-state index in [0.717, 1.165) is 9.37 Å². The fraction of sp³-hybridized carbons (Fsp3) is 0.417. The highest BCUT2D eigenvalue weighted by molar-refractivity contribution is 9.10. The molecule has 1 aromatic rings. The van der Waals surface area contributed by atoms with E-state index in [1.165, 1.54) is 11.8 Å². The highest BCUT2D eigenvalue weighted by Crippen LogP contribution is 2.26. The molecule has 0 aromatic heterocycles. The minimum atomic E-state index is -0.912. The topological polar surface area (TPSA) is 55.8 Å². The van der Waals surface area contributed by atoms with Crippen LogP contribution in [0.25, 0.3) is 0 Å². The lowest BCUT2D eigenvalue weighted by Crippen LogP contribution is -2.05. The van der Waals surface area contributed by atoms with E-state index < -0.39 is 5.97 Å². The van der Waals surface area contributed by atoms with Gasteiger partial charge in [-0.25, -0.2) is 4.79 Å². The molecule has 0 aliphatic heterocycles. The molecule has 0 spiro atoms. The summed E-state index contributed by atoms with van der Waals surface area (Å²) in [6.07, 6.45) is 0. The van der Waals surface area contributed by atoms with E-state index in [9.17, 15) is 4.79 Å². The van der Waals surface area contributed by atoms with Crippen molar-refractivity contribution in [2.75, 3.05) is 32.7 Å². The van der Waals surface area contributed by atoms with Gasteiger partial charge in [0, 0.05) is 22.2 Å². The number of hydrogen-bond acceptors (Lipinski definition) is 4. The standard InChI is InChI=1S/C12H15BrO4S/c1-16-4-5-17-6-7-18-11-8-9(13)2-3-10(11)12(14)15/h2-3,8H,4-7H2,1H3,(H,14,15). The Labute approximate surface area is 119 Å². The van der Waals surface area contributed by atoms with Gasteiger partial charge in [0.15, 0.2) is 0 Å². The summed E-state index contributed by atoms with van der Waals surface area (Å²) in [6.45, 7) is 1.70. The third-order valence-corrected chi connectivity index (χ3v) is 3.60. The van der Waals surface area contributed by atoms with Crippen LogP contribution >= 0.6 is 27.7 Å². The second kappa shape index (κ2) is 8.53. The van der Waals surface area contributed by atoms with Crippen molar-refractivity contribution in [1.82, 2.24) is 0 Å². The van der Waals surface area contributed by atoms with Crippen LogP contribution in [-0.4, -0.2) is 43.8 Å². The monoisotopic (exact) mass is 334 g/mol. The Bertz CT molecular complexity index is 398. The molecule has 0 bridgehead atoms. The van der Waals surface area contributed by atoms with Crippen molar-refractivity contribution in [3.05, 3.63) is 28.2 Å². The number of methoxy groups -OCH3 is 1. The number of carboxylic acid groups (broad SMARTS) is 1. The molecule has 1 rings (SSSR count). The number of benzene rings is 1. The smallest absolute Gasteiger partial charge is 0.336 e. The van der Waals surface area contributed by atoms with Crippen molar-refractivity contribution in [3.8, 4) is 0 Å².